The van der Waals surface area contributed by atoms with Crippen molar-refractivity contribution in [3.63, 3.8) is 0 Å². The standard InChI is InChI=1S/C20H28N2O2/c1-21-14-18-5-3-2-4-17(18)12-20(19(21)23)7-9-22(10-8-20)13-16-6-11-24-15-16/h2-5,16H,6-15H2,1H3/t16-/m0/s1. The molecule has 1 spiro atoms. The molecule has 0 saturated carbocycles. The predicted molar refractivity (Wildman–Crippen MR) is 93.7 cm³/mol. The Morgan fingerprint density at radius 1 is 1.21 bits per heavy atom. The zero-order chi connectivity index (χ0) is 16.6. The highest BCUT2D eigenvalue weighted by Crippen LogP contribution is 2.40. The molecule has 0 bridgehead atoms. The van der Waals surface area contributed by atoms with Gasteiger partial charge in [0.25, 0.3) is 0 Å². The molecule has 1 aromatic carbocycles. The largest absolute Gasteiger partial charge is 0.381 e. The van der Waals surface area contributed by atoms with Crippen LogP contribution in [0.4, 0.5) is 0 Å². The number of amides is 1. The number of hydrogen-bond acceptors (Lipinski definition) is 3. The van der Waals surface area contributed by atoms with E-state index >= 15 is 0 Å². The molecule has 0 aromatic heterocycles. The third-order valence-electron chi connectivity index (χ3n) is 6.21. The van der Waals surface area contributed by atoms with Crippen molar-refractivity contribution in [1.82, 2.24) is 9.80 Å². The van der Waals surface area contributed by atoms with Gasteiger partial charge in [-0.3, -0.25) is 4.79 Å². The first-order valence-corrected chi connectivity index (χ1v) is 9.29. The summed E-state index contributed by atoms with van der Waals surface area (Å²) >= 11 is 0. The van der Waals surface area contributed by atoms with Crippen LogP contribution in [0.1, 0.15) is 30.4 Å². The average molecular weight is 328 g/mol. The summed E-state index contributed by atoms with van der Waals surface area (Å²) in [6, 6.07) is 8.58. The van der Waals surface area contributed by atoms with Gasteiger partial charge in [0, 0.05) is 26.7 Å². The van der Waals surface area contributed by atoms with E-state index in [1.54, 1.807) is 0 Å². The lowest BCUT2D eigenvalue weighted by molar-refractivity contribution is -0.144. The van der Waals surface area contributed by atoms with E-state index in [9.17, 15) is 4.79 Å². The Balaban J connectivity index is 1.49. The molecule has 24 heavy (non-hydrogen) atoms. The summed E-state index contributed by atoms with van der Waals surface area (Å²) < 4.78 is 5.51. The van der Waals surface area contributed by atoms with E-state index in [2.05, 4.69) is 29.2 Å². The number of nitrogens with zero attached hydrogens (tertiary/aromatic N) is 2. The van der Waals surface area contributed by atoms with Crippen LogP contribution in [0, 0.1) is 11.3 Å². The van der Waals surface area contributed by atoms with Crippen molar-refractivity contribution in [2.45, 2.75) is 32.2 Å². The van der Waals surface area contributed by atoms with Gasteiger partial charge in [-0.1, -0.05) is 24.3 Å². The highest BCUT2D eigenvalue weighted by atomic mass is 16.5. The van der Waals surface area contributed by atoms with Crippen molar-refractivity contribution in [1.29, 1.82) is 0 Å². The number of carbonyl (C=O) groups excluding carboxylic acids is 1. The summed E-state index contributed by atoms with van der Waals surface area (Å²) in [5.74, 6) is 1.04. The Bertz CT molecular complexity index is 601. The quantitative estimate of drug-likeness (QED) is 0.835. The summed E-state index contributed by atoms with van der Waals surface area (Å²) in [5.41, 5.74) is 2.49. The number of benzene rings is 1. The van der Waals surface area contributed by atoms with Crippen LogP contribution in [-0.2, 0) is 22.5 Å². The number of rotatable bonds is 2. The molecule has 0 aliphatic carbocycles. The van der Waals surface area contributed by atoms with Crippen molar-refractivity contribution in [3.05, 3.63) is 35.4 Å². The summed E-state index contributed by atoms with van der Waals surface area (Å²) in [5, 5.41) is 0. The summed E-state index contributed by atoms with van der Waals surface area (Å²) in [7, 11) is 1.97. The second kappa shape index (κ2) is 6.49. The Kier molecular flexibility index (Phi) is 4.35. The van der Waals surface area contributed by atoms with E-state index in [0.29, 0.717) is 11.8 Å². The first-order valence-electron chi connectivity index (χ1n) is 9.29. The zero-order valence-electron chi connectivity index (χ0n) is 14.7. The lowest BCUT2D eigenvalue weighted by Gasteiger charge is -2.42. The molecular weight excluding hydrogens is 300 g/mol. The average Bonchev–Trinajstić information content (AvgIpc) is 3.07. The van der Waals surface area contributed by atoms with Gasteiger partial charge < -0.3 is 14.5 Å². The fraction of sp³-hybridized carbons (Fsp3) is 0.650. The van der Waals surface area contributed by atoms with Crippen LogP contribution in [-0.4, -0.2) is 55.6 Å². The van der Waals surface area contributed by atoms with E-state index in [1.165, 1.54) is 17.5 Å². The van der Waals surface area contributed by atoms with E-state index in [4.69, 9.17) is 4.74 Å². The first-order chi connectivity index (χ1) is 11.7. The molecule has 4 rings (SSSR count). The van der Waals surface area contributed by atoms with E-state index in [-0.39, 0.29) is 5.41 Å². The second-order valence-electron chi connectivity index (χ2n) is 7.92. The second-order valence-corrected chi connectivity index (χ2v) is 7.92. The highest BCUT2D eigenvalue weighted by Gasteiger charge is 2.44. The molecule has 4 heteroatoms. The van der Waals surface area contributed by atoms with E-state index < -0.39 is 0 Å². The normalized spacial score (nSPS) is 27.3. The molecule has 0 radical (unpaired) electrons. The minimum atomic E-state index is -0.190. The van der Waals surface area contributed by atoms with E-state index in [1.807, 2.05) is 11.9 Å². The lowest BCUT2D eigenvalue weighted by Crippen LogP contribution is -2.50. The Morgan fingerprint density at radius 2 is 1.96 bits per heavy atom. The van der Waals surface area contributed by atoms with Crippen LogP contribution in [0.2, 0.25) is 0 Å². The molecule has 1 aromatic rings. The number of fused-ring (bicyclic) bond motifs is 1. The highest BCUT2D eigenvalue weighted by molar-refractivity contribution is 5.83. The maximum absolute atomic E-state index is 13.1. The van der Waals surface area contributed by atoms with Crippen molar-refractivity contribution >= 4 is 5.91 Å². The van der Waals surface area contributed by atoms with Gasteiger partial charge in [-0.05, 0) is 55.8 Å². The summed E-state index contributed by atoms with van der Waals surface area (Å²) in [4.78, 5) is 17.6. The molecule has 1 atom stereocenters. The Morgan fingerprint density at radius 3 is 2.67 bits per heavy atom. The van der Waals surface area contributed by atoms with Gasteiger partial charge in [-0.15, -0.1) is 0 Å². The summed E-state index contributed by atoms with van der Waals surface area (Å²) in [6.07, 6.45) is 4.07. The third-order valence-corrected chi connectivity index (χ3v) is 6.21. The molecule has 130 valence electrons. The number of piperidine rings is 1. The van der Waals surface area contributed by atoms with Crippen LogP contribution in [0.3, 0.4) is 0 Å². The zero-order valence-corrected chi connectivity index (χ0v) is 14.7. The van der Waals surface area contributed by atoms with Crippen LogP contribution < -0.4 is 0 Å². The van der Waals surface area contributed by atoms with Crippen molar-refractivity contribution < 1.29 is 9.53 Å². The van der Waals surface area contributed by atoms with Gasteiger partial charge in [-0.2, -0.15) is 0 Å². The molecule has 1 amide bonds. The van der Waals surface area contributed by atoms with Gasteiger partial charge in [0.2, 0.25) is 5.91 Å². The van der Waals surface area contributed by atoms with Crippen LogP contribution in [0.15, 0.2) is 24.3 Å². The maximum Gasteiger partial charge on any atom is 0.229 e. The van der Waals surface area contributed by atoms with E-state index in [0.717, 1.165) is 58.7 Å². The SMILES string of the molecule is CN1Cc2ccccc2CC2(CCN(C[C@@H]3CCOC3)CC2)C1=O. The third kappa shape index (κ3) is 2.98. The van der Waals surface area contributed by atoms with Crippen LogP contribution in [0.25, 0.3) is 0 Å². The molecule has 3 aliphatic heterocycles. The molecule has 2 fully saturated rings. The number of ether oxygens (including phenoxy) is 1. The fourth-order valence-corrected chi connectivity index (χ4v) is 4.70. The number of likely N-dealkylation sites (tertiary alicyclic amines) is 1. The molecule has 0 unspecified atom stereocenters. The van der Waals surface area contributed by atoms with Crippen LogP contribution >= 0.6 is 0 Å². The first kappa shape index (κ1) is 16.1. The number of hydrogen-bond donors (Lipinski definition) is 0. The van der Waals surface area contributed by atoms with Crippen molar-refractivity contribution in [2.75, 3.05) is 39.9 Å². The lowest BCUT2D eigenvalue weighted by atomic mass is 9.73. The van der Waals surface area contributed by atoms with Gasteiger partial charge in [0.05, 0.1) is 12.0 Å². The maximum atomic E-state index is 13.1. The topological polar surface area (TPSA) is 32.8 Å². The Labute approximate surface area is 144 Å². The van der Waals surface area contributed by atoms with Crippen molar-refractivity contribution in [2.24, 2.45) is 11.3 Å². The molecule has 2 saturated heterocycles. The Hall–Kier alpha value is -1.39. The van der Waals surface area contributed by atoms with Crippen molar-refractivity contribution in [3.8, 4) is 0 Å². The molecule has 3 heterocycles. The predicted octanol–water partition coefficient (Wildman–Crippen LogP) is 2.32. The molecule has 4 nitrogen and oxygen atoms in total. The van der Waals surface area contributed by atoms with Gasteiger partial charge in [0.1, 0.15) is 0 Å². The van der Waals surface area contributed by atoms with Gasteiger partial charge in [0.15, 0.2) is 0 Å². The minimum Gasteiger partial charge on any atom is -0.381 e. The number of carbonyl (C=O) groups is 1. The molecule has 3 aliphatic rings. The van der Waals surface area contributed by atoms with Gasteiger partial charge in [-0.25, -0.2) is 0 Å². The smallest absolute Gasteiger partial charge is 0.229 e. The van der Waals surface area contributed by atoms with Gasteiger partial charge >= 0.3 is 0 Å². The van der Waals surface area contributed by atoms with Crippen LogP contribution in [0.5, 0.6) is 0 Å². The monoisotopic (exact) mass is 328 g/mol. The molecular formula is C20H28N2O2. The summed E-state index contributed by atoms with van der Waals surface area (Å²) in [6.45, 7) is 5.80. The minimum absolute atomic E-state index is 0.190. The molecule has 0 N–H and O–H groups in total. The fourth-order valence-electron chi connectivity index (χ4n) is 4.70.